The molecule has 0 aliphatic carbocycles. The number of urea groups is 1. The van der Waals surface area contributed by atoms with Crippen LogP contribution in [0.4, 0.5) is 4.79 Å². The molecule has 0 atom stereocenters. The summed E-state index contributed by atoms with van der Waals surface area (Å²) in [6.07, 6.45) is 0. The van der Waals surface area contributed by atoms with E-state index >= 15 is 0 Å². The fraction of sp³-hybridized carbons (Fsp3) is 0.167. The first kappa shape index (κ1) is 8.25. The highest BCUT2D eigenvalue weighted by Crippen LogP contribution is 2.07. The van der Waals surface area contributed by atoms with Crippen LogP contribution in [0, 0.1) is 5.92 Å². The highest BCUT2D eigenvalue weighted by Gasteiger charge is 2.41. The molecule has 0 aromatic heterocycles. The first-order valence-electron chi connectivity index (χ1n) is 3.03. The van der Waals surface area contributed by atoms with Crippen LogP contribution in [-0.2, 0) is 9.59 Å². The Morgan fingerprint density at radius 3 is 2.67 bits per heavy atom. The first-order valence-corrected chi connectivity index (χ1v) is 3.03. The Labute approximate surface area is 67.3 Å². The number of carbonyl (C=O) groups excluding carboxylic acids is 2. The SMILES string of the molecule is C[C+]1C(=O)NC(=O)N=C1C(=O)O. The van der Waals surface area contributed by atoms with Gasteiger partial charge in [-0.15, -0.1) is 9.79 Å². The van der Waals surface area contributed by atoms with Crippen molar-refractivity contribution in [2.75, 3.05) is 0 Å². The summed E-state index contributed by atoms with van der Waals surface area (Å²) < 4.78 is 0. The molecule has 0 radical (unpaired) electrons. The summed E-state index contributed by atoms with van der Waals surface area (Å²) in [6, 6.07) is -0.942. The van der Waals surface area contributed by atoms with E-state index in [0.29, 0.717) is 0 Å². The lowest BCUT2D eigenvalue weighted by Gasteiger charge is -2.05. The van der Waals surface area contributed by atoms with Gasteiger partial charge in [0.05, 0.1) is 0 Å². The summed E-state index contributed by atoms with van der Waals surface area (Å²) in [5.41, 5.74) is -0.497. The lowest BCUT2D eigenvalue weighted by atomic mass is 10.0. The van der Waals surface area contributed by atoms with Crippen LogP contribution in [0.2, 0.25) is 0 Å². The van der Waals surface area contributed by atoms with Gasteiger partial charge in [0, 0.05) is 6.92 Å². The van der Waals surface area contributed by atoms with E-state index in [1.165, 1.54) is 6.92 Å². The van der Waals surface area contributed by atoms with Crippen LogP contribution in [-0.4, -0.2) is 28.7 Å². The quantitative estimate of drug-likeness (QED) is 0.510. The van der Waals surface area contributed by atoms with Gasteiger partial charge in [-0.3, -0.25) is 5.32 Å². The zero-order chi connectivity index (χ0) is 9.30. The topological polar surface area (TPSA) is 95.8 Å². The fourth-order valence-electron chi connectivity index (χ4n) is 0.720. The predicted octanol–water partition coefficient (Wildman–Crippen LogP) is -0.644. The molecule has 1 heterocycles. The number of nitrogens with zero attached hydrogens (tertiary/aromatic N) is 1. The molecule has 0 fully saturated rings. The molecular formula is C6H5N2O4+. The van der Waals surface area contributed by atoms with Crippen LogP contribution in [0.3, 0.4) is 0 Å². The Bertz CT molecular complexity index is 294. The second-order valence-corrected chi connectivity index (χ2v) is 2.15. The van der Waals surface area contributed by atoms with Crippen LogP contribution in [0.15, 0.2) is 4.99 Å². The van der Waals surface area contributed by atoms with Crippen LogP contribution in [0.25, 0.3) is 0 Å². The Hall–Kier alpha value is -1.85. The molecule has 0 saturated heterocycles. The van der Waals surface area contributed by atoms with Gasteiger partial charge >= 0.3 is 23.6 Å². The smallest absolute Gasteiger partial charge is 0.386 e. The van der Waals surface area contributed by atoms with E-state index in [1.54, 1.807) is 0 Å². The molecule has 6 nitrogen and oxygen atoms in total. The Morgan fingerprint density at radius 1 is 1.58 bits per heavy atom. The van der Waals surface area contributed by atoms with Crippen molar-refractivity contribution in [1.82, 2.24) is 5.32 Å². The van der Waals surface area contributed by atoms with Crippen LogP contribution in [0.5, 0.6) is 0 Å². The maximum absolute atomic E-state index is 10.8. The zero-order valence-electron chi connectivity index (χ0n) is 6.12. The molecule has 0 saturated carbocycles. The molecule has 1 aliphatic rings. The summed E-state index contributed by atoms with van der Waals surface area (Å²) in [6.45, 7) is 1.29. The molecule has 3 amide bonds. The molecule has 0 bridgehead atoms. The second-order valence-electron chi connectivity index (χ2n) is 2.15. The summed E-state index contributed by atoms with van der Waals surface area (Å²) in [5.74, 6) is -2.16. The highest BCUT2D eigenvalue weighted by atomic mass is 16.4. The van der Waals surface area contributed by atoms with Gasteiger partial charge in [0.1, 0.15) is 0 Å². The summed E-state index contributed by atoms with van der Waals surface area (Å²) in [5, 5.41) is 10.3. The first-order chi connectivity index (χ1) is 5.52. The summed E-state index contributed by atoms with van der Waals surface area (Å²) in [7, 11) is 0. The van der Waals surface area contributed by atoms with E-state index in [1.807, 2.05) is 5.32 Å². The van der Waals surface area contributed by atoms with Crippen LogP contribution < -0.4 is 5.32 Å². The van der Waals surface area contributed by atoms with Gasteiger partial charge in [-0.25, -0.2) is 9.59 Å². The van der Waals surface area contributed by atoms with Crippen molar-refractivity contribution in [3.63, 3.8) is 0 Å². The number of nitrogens with one attached hydrogen (secondary N) is 1. The number of hydrogen-bond donors (Lipinski definition) is 2. The third-order valence-electron chi connectivity index (χ3n) is 1.33. The number of amides is 3. The number of carbonyl (C=O) groups is 3. The van der Waals surface area contributed by atoms with Gasteiger partial charge < -0.3 is 5.11 Å². The van der Waals surface area contributed by atoms with Crippen molar-refractivity contribution >= 4 is 23.6 Å². The van der Waals surface area contributed by atoms with Crippen molar-refractivity contribution in [2.45, 2.75) is 6.92 Å². The monoisotopic (exact) mass is 169 g/mol. The maximum Gasteiger partial charge on any atom is 0.501 e. The molecule has 6 heteroatoms. The van der Waals surface area contributed by atoms with Gasteiger partial charge in [0.2, 0.25) is 0 Å². The number of carboxylic acids is 1. The molecule has 1 rings (SSSR count). The zero-order valence-corrected chi connectivity index (χ0v) is 6.12. The standard InChI is InChI=1S/C6H4N2O4/c1-2-3(5(10)11)7-6(12)8-4(2)9/h1H3,(H-,8,9,10,11,12)/p+1. The maximum atomic E-state index is 10.8. The minimum Gasteiger partial charge on any atom is -0.386 e. The van der Waals surface area contributed by atoms with E-state index in [4.69, 9.17) is 5.11 Å². The van der Waals surface area contributed by atoms with Crippen LogP contribution >= 0.6 is 0 Å². The third kappa shape index (κ3) is 1.26. The van der Waals surface area contributed by atoms with Gasteiger partial charge in [-0.2, -0.15) is 0 Å². The van der Waals surface area contributed by atoms with Crippen LogP contribution in [0.1, 0.15) is 6.92 Å². The molecule has 12 heavy (non-hydrogen) atoms. The fourth-order valence-corrected chi connectivity index (χ4v) is 0.720. The van der Waals surface area contributed by atoms with Crippen molar-refractivity contribution in [3.8, 4) is 0 Å². The predicted molar refractivity (Wildman–Crippen MR) is 37.5 cm³/mol. The van der Waals surface area contributed by atoms with E-state index in [0.717, 1.165) is 0 Å². The summed E-state index contributed by atoms with van der Waals surface area (Å²) >= 11 is 0. The largest absolute Gasteiger partial charge is 0.501 e. The number of aliphatic carboxylic acids is 1. The molecular weight excluding hydrogens is 164 g/mol. The summed E-state index contributed by atoms with van der Waals surface area (Å²) in [4.78, 5) is 34.8. The van der Waals surface area contributed by atoms with Gasteiger partial charge in [0.15, 0.2) is 5.92 Å². The molecule has 1 aliphatic heterocycles. The van der Waals surface area contributed by atoms with Crippen molar-refractivity contribution in [2.24, 2.45) is 4.99 Å². The average Bonchev–Trinajstić information content (AvgIpc) is 1.96. The van der Waals surface area contributed by atoms with Gasteiger partial charge in [0.25, 0.3) is 0 Å². The minimum absolute atomic E-state index is 0.0675. The molecule has 62 valence electrons. The average molecular weight is 169 g/mol. The lowest BCUT2D eigenvalue weighted by molar-refractivity contribution is -0.130. The number of aliphatic imine (C=N–C) groups is 1. The molecule has 0 spiro atoms. The molecule has 0 aromatic rings. The minimum atomic E-state index is -1.38. The Morgan fingerprint density at radius 2 is 2.17 bits per heavy atom. The molecule has 0 aromatic carbocycles. The van der Waals surface area contributed by atoms with E-state index in [9.17, 15) is 14.4 Å². The van der Waals surface area contributed by atoms with Crippen molar-refractivity contribution < 1.29 is 19.5 Å². The highest BCUT2D eigenvalue weighted by molar-refractivity contribution is 6.49. The number of carboxylic acid groups (broad SMARTS) is 1. The molecule has 2 N–H and O–H groups in total. The number of imide groups is 1. The second kappa shape index (κ2) is 2.65. The van der Waals surface area contributed by atoms with Crippen molar-refractivity contribution in [1.29, 1.82) is 0 Å². The Kier molecular flexibility index (Phi) is 1.82. The van der Waals surface area contributed by atoms with E-state index < -0.39 is 23.6 Å². The molecule has 0 unspecified atom stereocenters. The van der Waals surface area contributed by atoms with E-state index in [2.05, 4.69) is 4.99 Å². The Balaban J connectivity index is 3.04. The normalized spacial score (nSPS) is 17.1. The number of rotatable bonds is 1. The van der Waals surface area contributed by atoms with Gasteiger partial charge in [-0.05, 0) is 0 Å². The lowest BCUT2D eigenvalue weighted by Crippen LogP contribution is -2.43. The number of hydrogen-bond acceptors (Lipinski definition) is 3. The van der Waals surface area contributed by atoms with E-state index in [-0.39, 0.29) is 5.92 Å². The third-order valence-corrected chi connectivity index (χ3v) is 1.33. The van der Waals surface area contributed by atoms with Gasteiger partial charge in [-0.1, -0.05) is 0 Å². The van der Waals surface area contributed by atoms with Crippen molar-refractivity contribution in [3.05, 3.63) is 5.92 Å².